The lowest BCUT2D eigenvalue weighted by molar-refractivity contribution is 0.378. The maximum absolute atomic E-state index is 4.48. The Morgan fingerprint density at radius 2 is 1.95 bits per heavy atom. The van der Waals surface area contributed by atoms with Gasteiger partial charge in [0.2, 0.25) is 0 Å². The van der Waals surface area contributed by atoms with Crippen molar-refractivity contribution in [2.45, 2.75) is 50.6 Å². The van der Waals surface area contributed by atoms with E-state index in [9.17, 15) is 0 Å². The van der Waals surface area contributed by atoms with Crippen molar-refractivity contribution < 1.29 is 0 Å². The normalized spacial score (nSPS) is 47.4. The third-order valence-corrected chi connectivity index (χ3v) is 6.38. The second-order valence-corrected chi connectivity index (χ2v) is 7.21. The molecule has 5 atom stereocenters. The summed E-state index contributed by atoms with van der Waals surface area (Å²) < 4.78 is 2.56. The van der Waals surface area contributed by atoms with Crippen LogP contribution in [0.4, 0.5) is 0 Å². The maximum Gasteiger partial charge on any atom is 0.0951 e. The van der Waals surface area contributed by atoms with Gasteiger partial charge < -0.3 is 9.88 Å². The third kappa shape index (κ3) is 1.45. The highest BCUT2D eigenvalue weighted by Gasteiger charge is 2.66. The van der Waals surface area contributed by atoms with E-state index in [0.29, 0.717) is 6.04 Å². The molecule has 0 aromatic carbocycles. The summed E-state index contributed by atoms with van der Waals surface area (Å²) in [6.45, 7) is 1.18. The Balaban J connectivity index is 1.43. The smallest absolute Gasteiger partial charge is 0.0951 e. The predicted molar refractivity (Wildman–Crippen MR) is 73.7 cm³/mol. The molecule has 0 spiro atoms. The molecule has 1 aromatic heterocycles. The lowest BCUT2D eigenvalue weighted by Crippen LogP contribution is -2.28. The SMILES string of the molecule is c1ncn(C2C3C4CCC(C4)C32)c1C1CCCCN1. The first-order valence-corrected chi connectivity index (χ1v) is 8.18. The van der Waals surface area contributed by atoms with E-state index in [1.807, 2.05) is 0 Å². The Bertz CT molecular complexity index is 472. The molecule has 3 nitrogen and oxygen atoms in total. The van der Waals surface area contributed by atoms with Crippen molar-refractivity contribution in [3.63, 3.8) is 0 Å². The molecule has 3 heteroatoms. The van der Waals surface area contributed by atoms with Crippen LogP contribution in [0.25, 0.3) is 0 Å². The quantitative estimate of drug-likeness (QED) is 0.883. The minimum absolute atomic E-state index is 0.565. The van der Waals surface area contributed by atoms with E-state index in [0.717, 1.165) is 29.7 Å². The molecule has 4 aliphatic rings. The van der Waals surface area contributed by atoms with E-state index in [4.69, 9.17) is 0 Å². The number of aromatic nitrogens is 2. The van der Waals surface area contributed by atoms with Crippen LogP contribution in [0, 0.1) is 23.7 Å². The molecular formula is C16H23N3. The summed E-state index contributed by atoms with van der Waals surface area (Å²) in [6.07, 6.45) is 12.8. The van der Waals surface area contributed by atoms with Gasteiger partial charge in [0.05, 0.1) is 12.0 Å². The van der Waals surface area contributed by atoms with Gasteiger partial charge in [-0.25, -0.2) is 4.98 Å². The average Bonchev–Trinajstić information content (AvgIpc) is 2.89. The predicted octanol–water partition coefficient (Wildman–Crippen LogP) is 2.91. The first kappa shape index (κ1) is 10.9. The first-order chi connectivity index (χ1) is 9.43. The third-order valence-electron chi connectivity index (χ3n) is 6.38. The summed E-state index contributed by atoms with van der Waals surface area (Å²) in [7, 11) is 0. The van der Waals surface area contributed by atoms with Crippen LogP contribution in [0.3, 0.4) is 0 Å². The van der Waals surface area contributed by atoms with Crippen LogP contribution in [0.1, 0.15) is 56.3 Å². The molecule has 2 bridgehead atoms. The molecule has 1 saturated heterocycles. The zero-order valence-electron chi connectivity index (χ0n) is 11.5. The molecule has 0 amide bonds. The fourth-order valence-corrected chi connectivity index (χ4v) is 5.59. The van der Waals surface area contributed by atoms with Crippen LogP contribution in [-0.2, 0) is 0 Å². The molecule has 3 aliphatic carbocycles. The number of hydrogen-bond acceptors (Lipinski definition) is 2. The molecule has 0 radical (unpaired) electrons. The van der Waals surface area contributed by atoms with Crippen LogP contribution in [-0.4, -0.2) is 16.1 Å². The zero-order valence-corrected chi connectivity index (χ0v) is 11.5. The highest BCUT2D eigenvalue weighted by atomic mass is 15.2. The summed E-state index contributed by atoms with van der Waals surface area (Å²) in [5, 5.41) is 3.69. The Hall–Kier alpha value is -0.830. The molecule has 1 N–H and O–H groups in total. The number of nitrogens with zero attached hydrogens (tertiary/aromatic N) is 2. The number of hydrogen-bond donors (Lipinski definition) is 1. The highest BCUT2D eigenvalue weighted by molar-refractivity contribution is 5.20. The Kier molecular flexibility index (Phi) is 2.21. The Labute approximate surface area is 114 Å². The van der Waals surface area contributed by atoms with Crippen LogP contribution >= 0.6 is 0 Å². The molecule has 1 aromatic rings. The van der Waals surface area contributed by atoms with E-state index in [1.165, 1.54) is 50.8 Å². The maximum atomic E-state index is 4.48. The van der Waals surface area contributed by atoms with Gasteiger partial charge >= 0.3 is 0 Å². The van der Waals surface area contributed by atoms with E-state index in [-0.39, 0.29) is 0 Å². The molecule has 5 rings (SSSR count). The summed E-state index contributed by atoms with van der Waals surface area (Å²) >= 11 is 0. The second kappa shape index (κ2) is 3.85. The first-order valence-electron chi connectivity index (χ1n) is 8.18. The molecule has 1 aliphatic heterocycles. The van der Waals surface area contributed by atoms with Crippen molar-refractivity contribution in [2.75, 3.05) is 6.54 Å². The second-order valence-electron chi connectivity index (χ2n) is 7.21. The standard InChI is InChI=1S/C16H23N3/c1-2-6-18-12(3-1)13-8-17-9-19(13)16-14-10-4-5-11(7-10)15(14)16/h8-12,14-16,18H,1-7H2. The summed E-state index contributed by atoms with van der Waals surface area (Å²) in [6, 6.07) is 1.38. The Morgan fingerprint density at radius 1 is 1.11 bits per heavy atom. The molecule has 4 fully saturated rings. The van der Waals surface area contributed by atoms with Crippen LogP contribution in [0.2, 0.25) is 0 Å². The minimum Gasteiger partial charge on any atom is -0.329 e. The molecule has 19 heavy (non-hydrogen) atoms. The van der Waals surface area contributed by atoms with Crippen molar-refractivity contribution in [3.8, 4) is 0 Å². The largest absolute Gasteiger partial charge is 0.329 e. The summed E-state index contributed by atoms with van der Waals surface area (Å²) in [4.78, 5) is 4.48. The summed E-state index contributed by atoms with van der Waals surface area (Å²) in [5.74, 6) is 4.12. The fraction of sp³-hybridized carbons (Fsp3) is 0.812. The van der Waals surface area contributed by atoms with E-state index in [1.54, 1.807) is 0 Å². The van der Waals surface area contributed by atoms with Crippen molar-refractivity contribution in [1.82, 2.24) is 14.9 Å². The van der Waals surface area contributed by atoms with Crippen molar-refractivity contribution in [2.24, 2.45) is 23.7 Å². The topological polar surface area (TPSA) is 29.9 Å². The van der Waals surface area contributed by atoms with Crippen LogP contribution in [0.15, 0.2) is 12.5 Å². The average molecular weight is 257 g/mol. The highest BCUT2D eigenvalue weighted by Crippen LogP contribution is 2.71. The van der Waals surface area contributed by atoms with Gasteiger partial charge in [-0.1, -0.05) is 6.42 Å². The van der Waals surface area contributed by atoms with Gasteiger partial charge in [-0.05, 0) is 62.3 Å². The lowest BCUT2D eigenvalue weighted by atomic mass is 10.0. The van der Waals surface area contributed by atoms with Gasteiger partial charge in [-0.15, -0.1) is 0 Å². The Morgan fingerprint density at radius 3 is 2.68 bits per heavy atom. The number of piperidine rings is 1. The summed E-state index contributed by atoms with van der Waals surface area (Å²) in [5.41, 5.74) is 1.47. The van der Waals surface area contributed by atoms with Crippen molar-refractivity contribution >= 4 is 0 Å². The molecule has 102 valence electrons. The number of rotatable bonds is 2. The molecule has 2 heterocycles. The molecule has 5 unspecified atom stereocenters. The van der Waals surface area contributed by atoms with E-state index in [2.05, 4.69) is 27.4 Å². The van der Waals surface area contributed by atoms with Gasteiger partial charge in [-0.3, -0.25) is 0 Å². The van der Waals surface area contributed by atoms with Crippen molar-refractivity contribution in [3.05, 3.63) is 18.2 Å². The van der Waals surface area contributed by atoms with Crippen LogP contribution in [0.5, 0.6) is 0 Å². The van der Waals surface area contributed by atoms with Crippen molar-refractivity contribution in [1.29, 1.82) is 0 Å². The number of imidazole rings is 1. The van der Waals surface area contributed by atoms with Gasteiger partial charge in [-0.2, -0.15) is 0 Å². The van der Waals surface area contributed by atoms with E-state index >= 15 is 0 Å². The monoisotopic (exact) mass is 257 g/mol. The number of fused-ring (bicyclic) bond motifs is 5. The van der Waals surface area contributed by atoms with Gasteiger partial charge in [0.15, 0.2) is 0 Å². The van der Waals surface area contributed by atoms with Gasteiger partial charge in [0.25, 0.3) is 0 Å². The zero-order chi connectivity index (χ0) is 12.4. The van der Waals surface area contributed by atoms with Crippen LogP contribution < -0.4 is 5.32 Å². The molecule has 3 saturated carbocycles. The van der Waals surface area contributed by atoms with Gasteiger partial charge in [0.1, 0.15) is 0 Å². The number of nitrogens with one attached hydrogen (secondary N) is 1. The molecular weight excluding hydrogens is 234 g/mol. The lowest BCUT2D eigenvalue weighted by Gasteiger charge is -2.25. The van der Waals surface area contributed by atoms with Gasteiger partial charge in [0, 0.05) is 18.3 Å². The van der Waals surface area contributed by atoms with E-state index < -0.39 is 0 Å². The minimum atomic E-state index is 0.565. The fourth-order valence-electron chi connectivity index (χ4n) is 5.59.